The Morgan fingerprint density at radius 2 is 1.91 bits per heavy atom. The highest BCUT2D eigenvalue weighted by Crippen LogP contribution is 2.23. The van der Waals surface area contributed by atoms with Gasteiger partial charge in [-0.2, -0.15) is 0 Å². The molecule has 1 aromatic rings. The summed E-state index contributed by atoms with van der Waals surface area (Å²) in [6.45, 7) is 3.69. The first kappa shape index (κ1) is 17.1. The second kappa shape index (κ2) is 6.88. The van der Waals surface area contributed by atoms with Gasteiger partial charge in [-0.05, 0) is 50.8 Å². The molecule has 120 valence electrons. The summed E-state index contributed by atoms with van der Waals surface area (Å²) < 4.78 is 0. The number of benzene rings is 1. The summed E-state index contributed by atoms with van der Waals surface area (Å²) in [4.78, 5) is 24.3. The van der Waals surface area contributed by atoms with E-state index in [0.29, 0.717) is 23.0 Å². The Kier molecular flexibility index (Phi) is 5.35. The molecule has 6 heteroatoms. The molecule has 2 rings (SSSR count). The second-order valence-corrected chi connectivity index (χ2v) is 6.96. The molecule has 0 spiro atoms. The number of amides is 2. The van der Waals surface area contributed by atoms with Crippen LogP contribution >= 0.6 is 23.2 Å². The monoisotopic (exact) mass is 342 g/mol. The van der Waals surface area contributed by atoms with Gasteiger partial charge in [-0.25, -0.2) is 0 Å². The van der Waals surface area contributed by atoms with Gasteiger partial charge in [0.05, 0.1) is 0 Å². The Morgan fingerprint density at radius 1 is 1.23 bits per heavy atom. The Balaban J connectivity index is 1.84. The van der Waals surface area contributed by atoms with E-state index in [9.17, 15) is 9.59 Å². The van der Waals surface area contributed by atoms with E-state index in [-0.39, 0.29) is 17.9 Å². The van der Waals surface area contributed by atoms with Gasteiger partial charge in [-0.3, -0.25) is 9.59 Å². The van der Waals surface area contributed by atoms with Crippen LogP contribution in [0.1, 0.15) is 32.3 Å². The van der Waals surface area contributed by atoms with E-state index in [1.807, 2.05) is 6.07 Å². The zero-order valence-electron chi connectivity index (χ0n) is 12.7. The maximum Gasteiger partial charge on any atom is 0.235 e. The lowest BCUT2D eigenvalue weighted by Crippen LogP contribution is -2.48. The average molecular weight is 343 g/mol. The molecule has 2 N–H and O–H groups in total. The van der Waals surface area contributed by atoms with Gasteiger partial charge in [-0.15, -0.1) is 0 Å². The molecule has 1 aliphatic carbocycles. The summed E-state index contributed by atoms with van der Waals surface area (Å²) in [7, 11) is 0. The molecule has 1 aliphatic rings. The predicted octanol–water partition coefficient (Wildman–Crippen LogP) is 2.96. The van der Waals surface area contributed by atoms with Crippen LogP contribution in [0.5, 0.6) is 0 Å². The highest BCUT2D eigenvalue weighted by atomic mass is 35.5. The molecule has 0 bridgehead atoms. The molecule has 0 aromatic heterocycles. The second-order valence-electron chi connectivity index (χ2n) is 6.11. The molecule has 4 nitrogen and oxygen atoms in total. The average Bonchev–Trinajstić information content (AvgIpc) is 3.24. The Labute approximate surface area is 140 Å². The Bertz CT molecular complexity index is 584. The SMILES string of the molecule is CC(C)(C(=O)NCCc1ccc(Cl)cc1Cl)C(=O)NC1CC1. The van der Waals surface area contributed by atoms with Crippen LogP contribution in [0.4, 0.5) is 0 Å². The Morgan fingerprint density at radius 3 is 2.50 bits per heavy atom. The molecule has 0 heterocycles. The highest BCUT2D eigenvalue weighted by molar-refractivity contribution is 6.35. The molecule has 0 unspecified atom stereocenters. The topological polar surface area (TPSA) is 58.2 Å². The molecular formula is C16H20Cl2N2O2. The van der Waals surface area contributed by atoms with Crippen LogP contribution in [0, 0.1) is 5.41 Å². The maximum atomic E-state index is 12.2. The van der Waals surface area contributed by atoms with Crippen LogP contribution < -0.4 is 10.6 Å². The van der Waals surface area contributed by atoms with E-state index >= 15 is 0 Å². The lowest BCUT2D eigenvalue weighted by Gasteiger charge is -2.22. The highest BCUT2D eigenvalue weighted by Gasteiger charge is 2.38. The zero-order valence-corrected chi connectivity index (χ0v) is 14.2. The largest absolute Gasteiger partial charge is 0.355 e. The molecule has 0 atom stereocenters. The van der Waals surface area contributed by atoms with Crippen molar-refractivity contribution in [1.29, 1.82) is 0 Å². The smallest absolute Gasteiger partial charge is 0.235 e. The van der Waals surface area contributed by atoms with Crippen molar-refractivity contribution in [3.63, 3.8) is 0 Å². The summed E-state index contributed by atoms with van der Waals surface area (Å²) in [5, 5.41) is 6.82. The fourth-order valence-corrected chi connectivity index (χ4v) is 2.46. The van der Waals surface area contributed by atoms with Gasteiger partial charge in [0.25, 0.3) is 0 Å². The molecule has 1 aromatic carbocycles. The summed E-state index contributed by atoms with van der Waals surface area (Å²) in [5.74, 6) is -0.507. The van der Waals surface area contributed by atoms with E-state index in [4.69, 9.17) is 23.2 Å². The van der Waals surface area contributed by atoms with E-state index in [1.165, 1.54) is 0 Å². The third-order valence-electron chi connectivity index (χ3n) is 3.74. The number of carbonyl (C=O) groups is 2. The number of carbonyl (C=O) groups excluding carboxylic acids is 2. The normalized spacial score (nSPS) is 14.5. The number of hydrogen-bond acceptors (Lipinski definition) is 2. The van der Waals surface area contributed by atoms with Crippen molar-refractivity contribution in [2.24, 2.45) is 5.41 Å². The minimum Gasteiger partial charge on any atom is -0.355 e. The van der Waals surface area contributed by atoms with Crippen LogP contribution in [-0.4, -0.2) is 24.4 Å². The summed E-state index contributed by atoms with van der Waals surface area (Å²) in [6.07, 6.45) is 2.58. The Hall–Kier alpha value is -1.26. The van der Waals surface area contributed by atoms with E-state index in [0.717, 1.165) is 18.4 Å². The fraction of sp³-hybridized carbons (Fsp3) is 0.500. The maximum absolute atomic E-state index is 12.2. The third kappa shape index (κ3) is 4.37. The minimum atomic E-state index is -1.08. The van der Waals surface area contributed by atoms with Crippen molar-refractivity contribution < 1.29 is 9.59 Å². The number of nitrogens with one attached hydrogen (secondary N) is 2. The molecule has 0 aliphatic heterocycles. The van der Waals surface area contributed by atoms with Gasteiger partial charge >= 0.3 is 0 Å². The van der Waals surface area contributed by atoms with Crippen LogP contribution in [0.15, 0.2) is 18.2 Å². The zero-order chi connectivity index (χ0) is 16.3. The van der Waals surface area contributed by atoms with Gasteiger partial charge in [-0.1, -0.05) is 29.3 Å². The molecule has 0 saturated heterocycles. The summed E-state index contributed by atoms with van der Waals surface area (Å²) in [5.41, 5.74) is -0.168. The van der Waals surface area contributed by atoms with Crippen molar-refractivity contribution in [3.05, 3.63) is 33.8 Å². The van der Waals surface area contributed by atoms with Crippen LogP contribution in [0.2, 0.25) is 10.0 Å². The fourth-order valence-electron chi connectivity index (χ4n) is 1.95. The van der Waals surface area contributed by atoms with Crippen LogP contribution in [0.25, 0.3) is 0 Å². The van der Waals surface area contributed by atoms with Gasteiger partial charge in [0, 0.05) is 22.6 Å². The van der Waals surface area contributed by atoms with E-state index in [1.54, 1.807) is 26.0 Å². The third-order valence-corrected chi connectivity index (χ3v) is 4.33. The first-order valence-electron chi connectivity index (χ1n) is 7.34. The molecule has 0 radical (unpaired) electrons. The molecule has 2 amide bonds. The van der Waals surface area contributed by atoms with E-state index < -0.39 is 5.41 Å². The van der Waals surface area contributed by atoms with Gasteiger partial charge in [0.15, 0.2) is 0 Å². The van der Waals surface area contributed by atoms with Crippen molar-refractivity contribution >= 4 is 35.0 Å². The first-order valence-corrected chi connectivity index (χ1v) is 8.09. The minimum absolute atomic E-state index is 0.225. The van der Waals surface area contributed by atoms with Crippen molar-refractivity contribution in [1.82, 2.24) is 10.6 Å². The van der Waals surface area contributed by atoms with Crippen LogP contribution in [0.3, 0.4) is 0 Å². The van der Waals surface area contributed by atoms with Gasteiger partial charge in [0.2, 0.25) is 11.8 Å². The lowest BCUT2D eigenvalue weighted by molar-refractivity contribution is -0.141. The number of rotatable bonds is 6. The number of hydrogen-bond donors (Lipinski definition) is 2. The van der Waals surface area contributed by atoms with Gasteiger partial charge in [0.1, 0.15) is 5.41 Å². The summed E-state index contributed by atoms with van der Waals surface area (Å²) in [6, 6.07) is 5.51. The molecule has 22 heavy (non-hydrogen) atoms. The summed E-state index contributed by atoms with van der Waals surface area (Å²) >= 11 is 11.9. The van der Waals surface area contributed by atoms with E-state index in [2.05, 4.69) is 10.6 Å². The lowest BCUT2D eigenvalue weighted by atomic mass is 9.91. The van der Waals surface area contributed by atoms with Crippen molar-refractivity contribution in [3.8, 4) is 0 Å². The van der Waals surface area contributed by atoms with Crippen molar-refractivity contribution in [2.45, 2.75) is 39.2 Å². The van der Waals surface area contributed by atoms with Crippen molar-refractivity contribution in [2.75, 3.05) is 6.54 Å². The van der Waals surface area contributed by atoms with Gasteiger partial charge < -0.3 is 10.6 Å². The quantitative estimate of drug-likeness (QED) is 0.781. The number of halogens is 2. The molecular weight excluding hydrogens is 323 g/mol. The molecule has 1 saturated carbocycles. The standard InChI is InChI=1S/C16H20Cl2N2O2/c1-16(2,15(22)20-12-5-6-12)14(21)19-8-7-10-3-4-11(17)9-13(10)18/h3-4,9,12H,5-8H2,1-2H3,(H,19,21)(H,20,22). The van der Waals surface area contributed by atoms with Crippen LogP contribution in [-0.2, 0) is 16.0 Å². The predicted molar refractivity (Wildman–Crippen MR) is 88.1 cm³/mol. The molecule has 1 fully saturated rings. The first-order chi connectivity index (χ1) is 10.3.